The third-order valence-electron chi connectivity index (χ3n) is 7.68. The van der Waals surface area contributed by atoms with E-state index in [9.17, 15) is 14.4 Å². The quantitative estimate of drug-likeness (QED) is 0.173. The molecule has 2 heterocycles. The lowest BCUT2D eigenvalue weighted by molar-refractivity contribution is -0.697. The van der Waals surface area contributed by atoms with E-state index in [1.165, 1.54) is 0 Å². The van der Waals surface area contributed by atoms with Crippen LogP contribution in [-0.2, 0) is 27.2 Å². The Balaban J connectivity index is 0.00000500. The Labute approximate surface area is 289 Å². The zero-order chi connectivity index (χ0) is 32.3. The summed E-state index contributed by atoms with van der Waals surface area (Å²) in [6, 6.07) is 27.6. The number of carbonyl (C=O) groups excluding carboxylic acids is 3. The second-order valence-corrected chi connectivity index (χ2v) is 11.9. The molecule has 11 heteroatoms. The fourth-order valence-electron chi connectivity index (χ4n) is 5.49. The fraction of sp³-hybridized carbons (Fsp3) is 0.278. The van der Waals surface area contributed by atoms with Crippen LogP contribution in [0.25, 0.3) is 0 Å². The molecule has 2 atom stereocenters. The van der Waals surface area contributed by atoms with Gasteiger partial charge in [-0.15, -0.1) is 0 Å². The number of rotatable bonds is 12. The number of hydrogen-bond acceptors (Lipinski definition) is 6. The van der Waals surface area contributed by atoms with Crippen LogP contribution in [0.3, 0.4) is 0 Å². The number of esters is 1. The van der Waals surface area contributed by atoms with Gasteiger partial charge in [0.25, 0.3) is 5.91 Å². The number of nitrogens with zero attached hydrogens (tertiary/aromatic N) is 2. The first-order chi connectivity index (χ1) is 22.4. The molecule has 0 radical (unpaired) electrons. The highest BCUT2D eigenvalue weighted by Gasteiger charge is 2.30. The van der Waals surface area contributed by atoms with Crippen LogP contribution >= 0.6 is 15.9 Å². The number of hydrogen-bond donors (Lipinski definition) is 2. The summed E-state index contributed by atoms with van der Waals surface area (Å²) in [4.78, 5) is 41.5. The fourth-order valence-corrected chi connectivity index (χ4v) is 6.00. The van der Waals surface area contributed by atoms with Crippen molar-refractivity contribution >= 4 is 39.6 Å². The summed E-state index contributed by atoms with van der Waals surface area (Å²) < 4.78 is 14.3. The number of alkyl carbamates (subject to hydrolysis) is 1. The number of fused-ring (bicyclic) bond motifs is 1. The molecule has 2 amide bonds. The lowest BCUT2D eigenvalue weighted by Crippen LogP contribution is -3.00. The second kappa shape index (κ2) is 17.6. The molecule has 1 aliphatic rings. The highest BCUT2D eigenvalue weighted by Crippen LogP contribution is 2.27. The van der Waals surface area contributed by atoms with Gasteiger partial charge in [-0.2, -0.15) is 0 Å². The zero-order valence-corrected chi connectivity index (χ0v) is 28.5. The summed E-state index contributed by atoms with van der Waals surface area (Å²) in [5, 5.41) is 6.00. The molecule has 3 aromatic carbocycles. The highest BCUT2D eigenvalue weighted by molar-refractivity contribution is 9.10. The molecule has 2 N–H and O–H groups in total. The molecule has 246 valence electrons. The van der Waals surface area contributed by atoms with Gasteiger partial charge in [0.15, 0.2) is 12.4 Å². The zero-order valence-electron chi connectivity index (χ0n) is 26.1. The number of nitrogens with one attached hydrogen (secondary N) is 2. The molecule has 0 fully saturated rings. The average molecular weight is 722 g/mol. The summed E-state index contributed by atoms with van der Waals surface area (Å²) in [6.45, 7) is 3.62. The van der Waals surface area contributed by atoms with E-state index in [-0.39, 0.29) is 38.0 Å². The summed E-state index contributed by atoms with van der Waals surface area (Å²) >= 11 is 3.51. The minimum atomic E-state index is -0.731. The highest BCUT2D eigenvalue weighted by atomic mass is 79.9. The van der Waals surface area contributed by atoms with Crippen LogP contribution in [-0.4, -0.2) is 44.2 Å². The van der Waals surface area contributed by atoms with Gasteiger partial charge in [-0.3, -0.25) is 4.79 Å². The molecule has 0 bridgehead atoms. The first kappa shape index (κ1) is 35.6. The normalized spacial score (nSPS) is 14.1. The van der Waals surface area contributed by atoms with Crippen molar-refractivity contribution < 1.29 is 40.8 Å². The minimum absolute atomic E-state index is 0. The number of carbonyl (C=O) groups is 3. The smallest absolute Gasteiger partial charge is 0.407 e. The Hall–Kier alpha value is -4.25. The van der Waals surface area contributed by atoms with Crippen molar-refractivity contribution in [2.45, 2.75) is 38.5 Å². The van der Waals surface area contributed by atoms with Crippen molar-refractivity contribution in [3.8, 4) is 0 Å². The molecule has 47 heavy (non-hydrogen) atoms. The van der Waals surface area contributed by atoms with Gasteiger partial charge in [-0.05, 0) is 57.2 Å². The Morgan fingerprint density at radius 1 is 1.00 bits per heavy atom. The number of anilines is 1. The molecule has 4 aromatic rings. The van der Waals surface area contributed by atoms with Crippen molar-refractivity contribution in [1.82, 2.24) is 10.6 Å². The van der Waals surface area contributed by atoms with Crippen LogP contribution in [0, 0.1) is 0 Å². The Bertz CT molecular complexity index is 1640. The van der Waals surface area contributed by atoms with E-state index in [0.29, 0.717) is 17.8 Å². The molecule has 0 saturated heterocycles. The van der Waals surface area contributed by atoms with E-state index >= 15 is 0 Å². The Kier molecular flexibility index (Phi) is 13.3. The number of ether oxygens (including phenoxy) is 2. The molecule has 2 unspecified atom stereocenters. The van der Waals surface area contributed by atoms with Gasteiger partial charge in [0, 0.05) is 18.7 Å². The summed E-state index contributed by atoms with van der Waals surface area (Å²) in [5.41, 5.74) is 3.96. The van der Waals surface area contributed by atoms with Crippen molar-refractivity contribution in [2.24, 2.45) is 0 Å². The number of para-hydroxylation sites is 1. The summed E-state index contributed by atoms with van der Waals surface area (Å²) in [7, 11) is 0. The Morgan fingerprint density at radius 2 is 1.70 bits per heavy atom. The van der Waals surface area contributed by atoms with Crippen LogP contribution in [0.1, 0.15) is 52.5 Å². The topological polar surface area (TPSA) is 101 Å². The number of aryl methyl sites for hydroxylation is 1. The number of aromatic nitrogens is 1. The largest absolute Gasteiger partial charge is 1.00 e. The maximum atomic E-state index is 13.7. The molecule has 0 saturated carbocycles. The number of amides is 2. The predicted molar refractivity (Wildman–Crippen MR) is 178 cm³/mol. The number of benzene rings is 3. The third-order valence-corrected chi connectivity index (χ3v) is 8.12. The van der Waals surface area contributed by atoms with Crippen LogP contribution in [0.5, 0.6) is 0 Å². The first-order valence-electron chi connectivity index (χ1n) is 15.5. The molecule has 1 aromatic heterocycles. The number of halogens is 2. The molecule has 0 spiro atoms. The van der Waals surface area contributed by atoms with Crippen LogP contribution in [0.4, 0.5) is 10.5 Å². The summed E-state index contributed by atoms with van der Waals surface area (Å²) in [5.74, 6) is -0.628. The van der Waals surface area contributed by atoms with E-state index < -0.39 is 24.2 Å². The van der Waals surface area contributed by atoms with Gasteiger partial charge >= 0.3 is 12.1 Å². The molecular formula is C36H38BrClN4O5. The van der Waals surface area contributed by atoms with Gasteiger partial charge in [-0.1, -0.05) is 79.7 Å². The van der Waals surface area contributed by atoms with Crippen LogP contribution < -0.4 is 32.5 Å². The maximum Gasteiger partial charge on any atom is 0.407 e. The standard InChI is InChI=1S/C36H37BrN4O5.ClH/c1-2-19-40-24-28(22-29(37)25-40)34(42)41(30-14-7-4-8-15-30)20-21-45-36(44)39-23-32(27-12-5-3-6-13-27)46-35(43)33-31-16-10-9-11-26(31)17-18-38-33;/h3-16,22,24-25,32-33,38H,2,17-21,23H2,1H3;1H. The molecule has 5 rings (SSSR count). The second-order valence-electron chi connectivity index (χ2n) is 11.0. The van der Waals surface area contributed by atoms with E-state index in [0.717, 1.165) is 40.5 Å². The third kappa shape index (κ3) is 9.63. The monoisotopic (exact) mass is 720 g/mol. The van der Waals surface area contributed by atoms with Crippen molar-refractivity contribution in [3.63, 3.8) is 0 Å². The van der Waals surface area contributed by atoms with Crippen molar-refractivity contribution in [2.75, 3.05) is 31.1 Å². The van der Waals surface area contributed by atoms with E-state index in [2.05, 4.69) is 33.5 Å². The van der Waals surface area contributed by atoms with Gasteiger partial charge in [0.05, 0.1) is 17.6 Å². The van der Waals surface area contributed by atoms with Crippen molar-refractivity contribution in [1.29, 1.82) is 0 Å². The van der Waals surface area contributed by atoms with Gasteiger partial charge in [0.1, 0.15) is 30.9 Å². The van der Waals surface area contributed by atoms with Gasteiger partial charge < -0.3 is 37.4 Å². The van der Waals surface area contributed by atoms with E-state index in [1.54, 1.807) is 11.0 Å². The van der Waals surface area contributed by atoms with E-state index in [1.807, 2.05) is 102 Å². The molecule has 9 nitrogen and oxygen atoms in total. The first-order valence-corrected chi connectivity index (χ1v) is 16.3. The summed E-state index contributed by atoms with van der Waals surface area (Å²) in [6.07, 6.45) is 4.12. The van der Waals surface area contributed by atoms with E-state index in [4.69, 9.17) is 9.47 Å². The van der Waals surface area contributed by atoms with Crippen molar-refractivity contribution in [3.05, 3.63) is 130 Å². The minimum Gasteiger partial charge on any atom is -1.00 e. The Morgan fingerprint density at radius 3 is 2.45 bits per heavy atom. The van der Waals surface area contributed by atoms with Crippen LogP contribution in [0.15, 0.2) is 108 Å². The van der Waals surface area contributed by atoms with Crippen LogP contribution in [0.2, 0.25) is 0 Å². The lowest BCUT2D eigenvalue weighted by atomic mass is 9.94. The SMILES string of the molecule is CCC[n+]1cc(Br)cc(C(=O)N(CCOC(=O)NCC(OC(=O)C2NCCc3ccccc32)c2ccccc2)c2ccccc2)c1.[Cl-]. The average Bonchev–Trinajstić information content (AvgIpc) is 3.08. The number of pyridine rings is 1. The molecule has 1 aliphatic heterocycles. The van der Waals surface area contributed by atoms with Gasteiger partial charge in [0.2, 0.25) is 0 Å². The van der Waals surface area contributed by atoms with Gasteiger partial charge in [-0.25, -0.2) is 14.2 Å². The molecule has 0 aliphatic carbocycles. The molecular weight excluding hydrogens is 684 g/mol. The maximum absolute atomic E-state index is 13.7. The predicted octanol–water partition coefficient (Wildman–Crippen LogP) is 2.70. The lowest BCUT2D eigenvalue weighted by Gasteiger charge is -2.27.